The van der Waals surface area contributed by atoms with Gasteiger partial charge in [0.05, 0.1) is 5.52 Å². The van der Waals surface area contributed by atoms with Crippen LogP contribution in [-0.2, 0) is 9.59 Å². The summed E-state index contributed by atoms with van der Waals surface area (Å²) in [6.45, 7) is 0. The molecule has 1 aromatic heterocycles. The zero-order chi connectivity index (χ0) is 21.2. The molecule has 6 nitrogen and oxygen atoms in total. The molecule has 0 radical (unpaired) electrons. The molecule has 2 aromatic rings. The molecule has 2 amide bonds. The molecule has 5 saturated carbocycles. The number of amides is 2. The molecule has 5 aliphatic rings. The normalized spacial score (nSPS) is 34.6. The Morgan fingerprint density at radius 1 is 1.06 bits per heavy atom. The first-order valence-electron chi connectivity index (χ1n) is 11.4. The summed E-state index contributed by atoms with van der Waals surface area (Å²) >= 11 is 1.51. The van der Waals surface area contributed by atoms with E-state index >= 15 is 0 Å². The molecule has 7 rings (SSSR count). The van der Waals surface area contributed by atoms with E-state index in [0.717, 1.165) is 60.7 Å². The number of benzene rings is 1. The SMILES string of the molecule is NC(=O)C12CC3CC(C1)C(NC(=O)C1(NSc4cccc5cccnc45)CC1)C(C3)C2. The van der Waals surface area contributed by atoms with Gasteiger partial charge in [-0.1, -0.05) is 18.2 Å². The molecule has 1 aromatic carbocycles. The predicted molar refractivity (Wildman–Crippen MR) is 120 cm³/mol. The van der Waals surface area contributed by atoms with Crippen LogP contribution < -0.4 is 15.8 Å². The van der Waals surface area contributed by atoms with E-state index in [0.29, 0.717) is 17.8 Å². The van der Waals surface area contributed by atoms with Crippen LogP contribution in [0.15, 0.2) is 41.4 Å². The molecule has 0 spiro atoms. The lowest BCUT2D eigenvalue weighted by molar-refractivity contribution is -0.147. The molecule has 2 atom stereocenters. The van der Waals surface area contributed by atoms with E-state index in [1.165, 1.54) is 11.9 Å². The highest BCUT2D eigenvalue weighted by Crippen LogP contribution is 2.60. The molecule has 31 heavy (non-hydrogen) atoms. The second kappa shape index (κ2) is 6.94. The van der Waals surface area contributed by atoms with E-state index in [4.69, 9.17) is 5.73 Å². The summed E-state index contributed by atoms with van der Waals surface area (Å²) in [4.78, 5) is 31.1. The summed E-state index contributed by atoms with van der Waals surface area (Å²) in [5.74, 6) is 1.35. The summed E-state index contributed by atoms with van der Waals surface area (Å²) in [7, 11) is 0. The maximum absolute atomic E-state index is 13.3. The Labute approximate surface area is 186 Å². The van der Waals surface area contributed by atoms with E-state index in [9.17, 15) is 9.59 Å². The van der Waals surface area contributed by atoms with Gasteiger partial charge in [-0.05, 0) is 86.8 Å². The van der Waals surface area contributed by atoms with E-state index in [1.54, 1.807) is 6.20 Å². The highest BCUT2D eigenvalue weighted by atomic mass is 32.2. The second-order valence-corrected chi connectivity index (χ2v) is 11.1. The van der Waals surface area contributed by atoms with Gasteiger partial charge < -0.3 is 11.1 Å². The molecule has 0 saturated heterocycles. The largest absolute Gasteiger partial charge is 0.369 e. The van der Waals surface area contributed by atoms with Crippen molar-refractivity contribution in [2.75, 3.05) is 0 Å². The number of pyridine rings is 1. The Balaban J connectivity index is 1.15. The van der Waals surface area contributed by atoms with Crippen LogP contribution in [0, 0.1) is 23.2 Å². The van der Waals surface area contributed by atoms with Crippen molar-refractivity contribution in [2.24, 2.45) is 28.9 Å². The average molecular weight is 437 g/mol. The summed E-state index contributed by atoms with van der Waals surface area (Å²) in [6, 6.07) is 10.3. The molecular weight excluding hydrogens is 408 g/mol. The number of primary amides is 1. The molecule has 1 heterocycles. The second-order valence-electron chi connectivity index (χ2n) is 10.2. The Bertz CT molecular complexity index is 1050. The fourth-order valence-corrected chi connectivity index (χ4v) is 7.68. The van der Waals surface area contributed by atoms with Crippen molar-refractivity contribution in [1.82, 2.24) is 15.0 Å². The molecule has 5 aliphatic carbocycles. The van der Waals surface area contributed by atoms with Crippen molar-refractivity contribution in [3.8, 4) is 0 Å². The van der Waals surface area contributed by atoms with Gasteiger partial charge in [0.15, 0.2) is 0 Å². The summed E-state index contributed by atoms with van der Waals surface area (Å²) < 4.78 is 3.47. The average Bonchev–Trinajstić information content (AvgIpc) is 3.55. The van der Waals surface area contributed by atoms with Crippen LogP contribution in [0.2, 0.25) is 0 Å². The van der Waals surface area contributed by atoms with Gasteiger partial charge in [0, 0.05) is 27.9 Å². The fraction of sp³-hybridized carbons (Fsp3) is 0.542. The predicted octanol–water partition coefficient (Wildman–Crippen LogP) is 3.16. The van der Waals surface area contributed by atoms with E-state index in [2.05, 4.69) is 27.2 Å². The number of aromatic nitrogens is 1. The molecular formula is C24H28N4O2S. The number of nitrogens with zero attached hydrogens (tertiary/aromatic N) is 1. The van der Waals surface area contributed by atoms with Crippen LogP contribution in [0.5, 0.6) is 0 Å². The van der Waals surface area contributed by atoms with E-state index in [1.807, 2.05) is 18.2 Å². The van der Waals surface area contributed by atoms with Crippen LogP contribution in [0.1, 0.15) is 44.9 Å². The number of rotatable bonds is 6. The van der Waals surface area contributed by atoms with Crippen molar-refractivity contribution < 1.29 is 9.59 Å². The number of carbonyl (C=O) groups excluding carboxylic acids is 2. The molecule has 5 fully saturated rings. The monoisotopic (exact) mass is 436 g/mol. The van der Waals surface area contributed by atoms with Crippen molar-refractivity contribution in [2.45, 2.75) is 61.4 Å². The summed E-state index contributed by atoms with van der Waals surface area (Å²) in [5.41, 5.74) is 5.95. The first-order valence-corrected chi connectivity index (χ1v) is 12.2. The first-order chi connectivity index (χ1) is 15.0. The molecule has 4 N–H and O–H groups in total. The quantitative estimate of drug-likeness (QED) is 0.605. The Kier molecular flexibility index (Phi) is 4.38. The van der Waals surface area contributed by atoms with Gasteiger partial charge in [0.1, 0.15) is 5.54 Å². The number of hydrogen-bond acceptors (Lipinski definition) is 5. The van der Waals surface area contributed by atoms with Crippen molar-refractivity contribution in [3.05, 3.63) is 36.5 Å². The third-order valence-electron chi connectivity index (χ3n) is 8.23. The zero-order valence-electron chi connectivity index (χ0n) is 17.5. The Hall–Kier alpha value is -2.12. The standard InChI is InChI=1S/C24H28N4O2S/c25-21(29)23-11-14-9-16(12-23)19(17(10-14)13-23)27-22(30)24(6-7-24)28-31-18-5-1-3-15-4-2-8-26-20(15)18/h1-5,8,14,16-17,19,28H,6-7,9-13H2,(H2,25,29)(H,27,30). The van der Waals surface area contributed by atoms with Crippen LogP contribution >= 0.6 is 11.9 Å². The highest BCUT2D eigenvalue weighted by Gasteiger charge is 2.59. The topological polar surface area (TPSA) is 97.1 Å². The minimum atomic E-state index is -0.502. The van der Waals surface area contributed by atoms with Gasteiger partial charge in [-0.25, -0.2) is 4.72 Å². The Morgan fingerprint density at radius 2 is 1.81 bits per heavy atom. The van der Waals surface area contributed by atoms with E-state index in [-0.39, 0.29) is 23.3 Å². The molecule has 162 valence electrons. The van der Waals surface area contributed by atoms with Crippen molar-refractivity contribution >= 4 is 34.7 Å². The third kappa shape index (κ3) is 3.16. The number of carbonyl (C=O) groups is 2. The lowest BCUT2D eigenvalue weighted by Crippen LogP contribution is -2.63. The molecule has 2 unspecified atom stereocenters. The van der Waals surface area contributed by atoms with Gasteiger partial charge in [0.2, 0.25) is 11.8 Å². The van der Waals surface area contributed by atoms with Crippen molar-refractivity contribution in [3.63, 3.8) is 0 Å². The molecule has 7 heteroatoms. The van der Waals surface area contributed by atoms with Crippen LogP contribution in [0.4, 0.5) is 0 Å². The minimum absolute atomic E-state index is 0.110. The van der Waals surface area contributed by atoms with Gasteiger partial charge in [0.25, 0.3) is 0 Å². The van der Waals surface area contributed by atoms with E-state index < -0.39 is 5.54 Å². The summed E-state index contributed by atoms with van der Waals surface area (Å²) in [5, 5.41) is 4.51. The number of nitrogens with two attached hydrogens (primary N) is 1. The van der Waals surface area contributed by atoms with Gasteiger partial charge >= 0.3 is 0 Å². The van der Waals surface area contributed by atoms with Gasteiger partial charge in [-0.3, -0.25) is 14.6 Å². The van der Waals surface area contributed by atoms with Crippen LogP contribution in [-0.4, -0.2) is 28.4 Å². The van der Waals surface area contributed by atoms with Gasteiger partial charge in [-0.2, -0.15) is 0 Å². The lowest BCUT2D eigenvalue weighted by atomic mass is 9.47. The minimum Gasteiger partial charge on any atom is -0.369 e. The third-order valence-corrected chi connectivity index (χ3v) is 9.27. The smallest absolute Gasteiger partial charge is 0.241 e. The number of para-hydroxylation sites is 1. The number of fused-ring (bicyclic) bond motifs is 1. The van der Waals surface area contributed by atoms with Gasteiger partial charge in [-0.15, -0.1) is 0 Å². The maximum Gasteiger partial charge on any atom is 0.241 e. The first kappa shape index (κ1) is 19.6. The maximum atomic E-state index is 13.3. The fourth-order valence-electron chi connectivity index (χ4n) is 6.66. The van der Waals surface area contributed by atoms with Crippen LogP contribution in [0.3, 0.4) is 0 Å². The molecule has 0 aliphatic heterocycles. The lowest BCUT2D eigenvalue weighted by Gasteiger charge is -2.59. The Morgan fingerprint density at radius 3 is 2.52 bits per heavy atom. The number of hydrogen-bond donors (Lipinski definition) is 3. The highest BCUT2D eigenvalue weighted by molar-refractivity contribution is 7.97. The molecule has 4 bridgehead atoms. The van der Waals surface area contributed by atoms with Crippen molar-refractivity contribution in [1.29, 1.82) is 0 Å². The zero-order valence-corrected chi connectivity index (χ0v) is 18.3. The van der Waals surface area contributed by atoms with Crippen LogP contribution in [0.25, 0.3) is 10.9 Å². The number of nitrogens with one attached hydrogen (secondary N) is 2. The summed E-state index contributed by atoms with van der Waals surface area (Å²) in [6.07, 6.45) is 8.38.